The highest BCUT2D eigenvalue weighted by Gasteiger charge is 2.23. The van der Waals surface area contributed by atoms with Crippen LogP contribution in [-0.2, 0) is 4.74 Å². The Labute approximate surface area is 240 Å². The molecule has 1 fully saturated rings. The van der Waals surface area contributed by atoms with Gasteiger partial charge in [-0.2, -0.15) is 9.60 Å². The van der Waals surface area contributed by atoms with Gasteiger partial charge in [0.25, 0.3) is 0 Å². The molecule has 0 saturated carbocycles. The fraction of sp³-hybridized carbons (Fsp3) is 0.226. The normalized spacial score (nSPS) is 16.4. The van der Waals surface area contributed by atoms with Crippen LogP contribution < -0.4 is 0 Å². The number of allylic oxidation sites excluding steroid dienone is 1. The van der Waals surface area contributed by atoms with Crippen LogP contribution in [0.3, 0.4) is 0 Å². The van der Waals surface area contributed by atoms with Gasteiger partial charge >= 0.3 is 0 Å². The molecular formula is C31H27ClF2N6O. The average molecular weight is 573 g/mol. The van der Waals surface area contributed by atoms with Crippen LogP contribution in [0.5, 0.6) is 0 Å². The van der Waals surface area contributed by atoms with E-state index in [0.717, 1.165) is 52.7 Å². The zero-order chi connectivity index (χ0) is 28.3. The number of aromatic amines is 1. The number of hydrogen-bond donors (Lipinski definition) is 1. The molecule has 0 bridgehead atoms. The van der Waals surface area contributed by atoms with Crippen LogP contribution >= 0.6 is 11.6 Å². The Morgan fingerprint density at radius 2 is 1.88 bits per heavy atom. The number of aromatic nitrogens is 6. The number of rotatable bonds is 7. The van der Waals surface area contributed by atoms with Crippen molar-refractivity contribution in [2.75, 3.05) is 6.61 Å². The van der Waals surface area contributed by atoms with Crippen molar-refractivity contribution in [1.29, 1.82) is 0 Å². The van der Waals surface area contributed by atoms with E-state index in [-0.39, 0.29) is 6.23 Å². The molecule has 0 radical (unpaired) electrons. The predicted molar refractivity (Wildman–Crippen MR) is 156 cm³/mol. The first kappa shape index (κ1) is 27.0. The molecule has 41 heavy (non-hydrogen) atoms. The van der Waals surface area contributed by atoms with Gasteiger partial charge in [-0.25, -0.2) is 9.07 Å². The third-order valence-corrected chi connectivity index (χ3v) is 7.59. The summed E-state index contributed by atoms with van der Waals surface area (Å²) >= 11 is 6.56. The molecule has 7 nitrogen and oxygen atoms in total. The molecule has 1 atom stereocenters. The van der Waals surface area contributed by atoms with E-state index in [1.54, 1.807) is 16.8 Å². The first-order valence-electron chi connectivity index (χ1n) is 13.5. The van der Waals surface area contributed by atoms with Gasteiger partial charge in [0.1, 0.15) is 5.82 Å². The second-order valence-corrected chi connectivity index (χ2v) is 10.3. The summed E-state index contributed by atoms with van der Waals surface area (Å²) < 4.78 is 36.8. The summed E-state index contributed by atoms with van der Waals surface area (Å²) in [4.78, 5) is 0. The number of benzene rings is 3. The maximum Gasteiger partial charge on any atom is 0.240 e. The Bertz CT molecular complexity index is 1740. The summed E-state index contributed by atoms with van der Waals surface area (Å²) in [7, 11) is 0. The summed E-state index contributed by atoms with van der Waals surface area (Å²) in [6.45, 7) is 2.66. The van der Waals surface area contributed by atoms with Crippen molar-refractivity contribution in [3.05, 3.63) is 106 Å². The van der Waals surface area contributed by atoms with E-state index in [0.29, 0.717) is 34.8 Å². The summed E-state index contributed by atoms with van der Waals surface area (Å²) in [5.41, 5.74) is 5.82. The molecule has 0 aliphatic carbocycles. The zero-order valence-corrected chi connectivity index (χ0v) is 23.1. The number of hydrogen-bond acceptors (Lipinski definition) is 5. The fourth-order valence-corrected chi connectivity index (χ4v) is 5.60. The average Bonchev–Trinajstić information content (AvgIpc) is 3.64. The van der Waals surface area contributed by atoms with E-state index in [1.165, 1.54) is 12.1 Å². The van der Waals surface area contributed by atoms with E-state index in [2.05, 4.69) is 25.7 Å². The highest BCUT2D eigenvalue weighted by molar-refractivity contribution is 6.32. The highest BCUT2D eigenvalue weighted by Crippen LogP contribution is 2.39. The lowest BCUT2D eigenvalue weighted by Crippen LogP contribution is -2.19. The minimum absolute atomic E-state index is 0.283. The topological polar surface area (TPSA) is 81.5 Å². The quantitative estimate of drug-likeness (QED) is 0.202. The number of ether oxygens (including phenoxy) is 1. The van der Waals surface area contributed by atoms with Crippen molar-refractivity contribution in [3.63, 3.8) is 0 Å². The lowest BCUT2D eigenvalue weighted by Gasteiger charge is -2.23. The zero-order valence-electron chi connectivity index (χ0n) is 22.3. The number of nitrogens with one attached hydrogen (secondary N) is 1. The molecule has 5 aromatic rings. The maximum absolute atomic E-state index is 15.3. The third-order valence-electron chi connectivity index (χ3n) is 7.28. The van der Waals surface area contributed by atoms with Crippen LogP contribution in [-0.4, -0.2) is 37.0 Å². The molecular weight excluding hydrogens is 546 g/mol. The predicted octanol–water partition coefficient (Wildman–Crippen LogP) is 7.72. The van der Waals surface area contributed by atoms with Crippen molar-refractivity contribution in [1.82, 2.24) is 30.4 Å². The van der Waals surface area contributed by atoms with Gasteiger partial charge in [0, 0.05) is 6.61 Å². The fourth-order valence-electron chi connectivity index (χ4n) is 5.32. The van der Waals surface area contributed by atoms with Gasteiger partial charge in [0.05, 0.1) is 15.9 Å². The molecule has 208 valence electrons. The van der Waals surface area contributed by atoms with E-state index in [9.17, 15) is 4.39 Å². The van der Waals surface area contributed by atoms with E-state index >= 15 is 4.39 Å². The minimum atomic E-state index is -0.546. The number of fused-ring (bicyclic) bond motifs is 1. The van der Waals surface area contributed by atoms with Gasteiger partial charge in [-0.1, -0.05) is 61.0 Å². The highest BCUT2D eigenvalue weighted by atomic mass is 35.5. The van der Waals surface area contributed by atoms with Crippen LogP contribution in [0.25, 0.3) is 34.2 Å². The van der Waals surface area contributed by atoms with Crippen molar-refractivity contribution in [3.8, 4) is 0 Å². The molecule has 1 N–H and O–H groups in total. The summed E-state index contributed by atoms with van der Waals surface area (Å²) in [5.74, 6) is -0.479. The molecule has 0 amide bonds. The molecule has 1 unspecified atom stereocenters. The molecule has 3 heterocycles. The molecule has 1 aliphatic heterocycles. The standard InChI is InChI=1S/C31H27ClF2N6O/c1-2-23(24-13-12-22(33)18-26(24)32)30(20-9-6-19(7-10-20)8-15-28-35-38-39-36-28)21-11-14-27-25(17-21)31(34)37-40(27)29-5-3-4-16-41-29/h6-15,17-18,29H,2-5,16H2,1H3,(H,35,36,38,39). The molecule has 1 saturated heterocycles. The van der Waals surface area contributed by atoms with Gasteiger partial charge in [-0.15, -0.1) is 15.3 Å². The monoisotopic (exact) mass is 572 g/mol. The Morgan fingerprint density at radius 3 is 2.59 bits per heavy atom. The molecule has 0 spiro atoms. The van der Waals surface area contributed by atoms with Crippen LogP contribution in [0.15, 0.2) is 60.7 Å². The second-order valence-electron chi connectivity index (χ2n) is 9.85. The van der Waals surface area contributed by atoms with Gasteiger partial charge in [0.2, 0.25) is 5.95 Å². The van der Waals surface area contributed by atoms with E-state index < -0.39 is 11.8 Å². The Morgan fingerprint density at radius 1 is 1.05 bits per heavy atom. The van der Waals surface area contributed by atoms with Gasteiger partial charge in [-0.05, 0) is 94.6 Å². The van der Waals surface area contributed by atoms with Crippen LogP contribution in [0, 0.1) is 11.8 Å². The molecule has 2 aromatic heterocycles. The van der Waals surface area contributed by atoms with Gasteiger partial charge in [0.15, 0.2) is 12.1 Å². The van der Waals surface area contributed by atoms with Crippen molar-refractivity contribution < 1.29 is 13.5 Å². The molecule has 3 aromatic carbocycles. The largest absolute Gasteiger partial charge is 0.356 e. The summed E-state index contributed by atoms with van der Waals surface area (Å²) in [6.07, 6.45) is 6.77. The first-order valence-corrected chi connectivity index (χ1v) is 13.9. The van der Waals surface area contributed by atoms with Crippen molar-refractivity contribution in [2.45, 2.75) is 38.8 Å². The van der Waals surface area contributed by atoms with E-state index in [1.807, 2.05) is 55.5 Å². The van der Waals surface area contributed by atoms with E-state index in [4.69, 9.17) is 16.3 Å². The van der Waals surface area contributed by atoms with Crippen LogP contribution in [0.1, 0.15) is 66.9 Å². The minimum Gasteiger partial charge on any atom is -0.356 e. The Kier molecular flexibility index (Phi) is 7.71. The van der Waals surface area contributed by atoms with Gasteiger partial charge in [-0.3, -0.25) is 0 Å². The SMILES string of the molecule is CCC(=C(c1ccc(C=Cc2nn[nH]n2)cc1)c1ccc2c(c1)c(F)nn2C1CCCCO1)c1ccc(F)cc1Cl. The lowest BCUT2D eigenvalue weighted by atomic mass is 9.87. The maximum atomic E-state index is 15.3. The first-order chi connectivity index (χ1) is 20.0. The molecule has 10 heteroatoms. The number of tetrazole rings is 1. The van der Waals surface area contributed by atoms with Gasteiger partial charge < -0.3 is 4.74 Å². The second kappa shape index (κ2) is 11.7. The van der Waals surface area contributed by atoms with Crippen LogP contribution in [0.4, 0.5) is 8.78 Å². The molecule has 1 aliphatic rings. The lowest BCUT2D eigenvalue weighted by molar-refractivity contribution is -0.0375. The number of H-pyrrole nitrogens is 1. The van der Waals surface area contributed by atoms with Crippen molar-refractivity contribution in [2.24, 2.45) is 0 Å². The smallest absolute Gasteiger partial charge is 0.240 e. The molecule has 6 rings (SSSR count). The summed E-state index contributed by atoms with van der Waals surface area (Å²) in [5, 5.41) is 18.8. The third kappa shape index (κ3) is 5.55. The summed E-state index contributed by atoms with van der Waals surface area (Å²) in [6, 6.07) is 18.0. The Balaban J connectivity index is 1.48. The van der Waals surface area contributed by atoms with Crippen molar-refractivity contribution >= 4 is 45.8 Å². The number of nitrogens with zero attached hydrogens (tertiary/aromatic N) is 5. The Hall–Kier alpha value is -4.21. The number of halogens is 3. The van der Waals surface area contributed by atoms with Crippen LogP contribution in [0.2, 0.25) is 5.02 Å².